The molecule has 1 heterocycles. The molecule has 0 saturated carbocycles. The number of nitrogens with one attached hydrogen (secondary N) is 2. The molecule has 0 bridgehead atoms. The lowest BCUT2D eigenvalue weighted by molar-refractivity contribution is 0.0993. The lowest BCUT2D eigenvalue weighted by Gasteiger charge is -2.13. The molecule has 3 aromatic rings. The summed E-state index contributed by atoms with van der Waals surface area (Å²) in [6.07, 6.45) is 1.47. The van der Waals surface area contributed by atoms with E-state index >= 15 is 0 Å². The number of hydrazone groups is 1. The maximum atomic E-state index is 13.2. The van der Waals surface area contributed by atoms with Gasteiger partial charge in [-0.05, 0) is 57.0 Å². The third kappa shape index (κ3) is 5.23. The molecule has 0 saturated heterocycles. The van der Waals surface area contributed by atoms with Crippen LogP contribution < -0.4 is 15.5 Å². The number of nitrogens with zero attached hydrogens (tertiary/aromatic N) is 1. The summed E-state index contributed by atoms with van der Waals surface area (Å²) in [6, 6.07) is 14.2. The molecule has 8 nitrogen and oxygen atoms in total. The van der Waals surface area contributed by atoms with Gasteiger partial charge in [-0.25, -0.2) is 10.2 Å². The highest BCUT2D eigenvalue weighted by atomic mass is 35.5. The number of para-hydroxylation sites is 1. The van der Waals surface area contributed by atoms with Gasteiger partial charge in [-0.3, -0.25) is 4.79 Å². The van der Waals surface area contributed by atoms with Crippen LogP contribution in [0.5, 0.6) is 11.5 Å². The lowest BCUT2D eigenvalue weighted by Crippen LogP contribution is -2.22. The van der Waals surface area contributed by atoms with Crippen molar-refractivity contribution < 1.29 is 23.5 Å². The molecule has 2 N–H and O–H groups in total. The fourth-order valence-electron chi connectivity index (χ4n) is 3.76. The topological polar surface area (TPSA) is 102 Å². The number of benzene rings is 2. The number of hydrogen-bond donors (Lipinski definition) is 2. The number of aryl methyl sites for hydroxylation is 1. The zero-order valence-corrected chi connectivity index (χ0v) is 19.6. The van der Waals surface area contributed by atoms with Crippen LogP contribution in [0, 0.1) is 6.92 Å². The van der Waals surface area contributed by atoms with Gasteiger partial charge in [0.05, 0.1) is 18.0 Å². The van der Waals surface area contributed by atoms with Crippen LogP contribution in [0.3, 0.4) is 0 Å². The van der Waals surface area contributed by atoms with Gasteiger partial charge >= 0.3 is 6.09 Å². The fourth-order valence-corrected chi connectivity index (χ4v) is 3.93. The second kappa shape index (κ2) is 10.4. The molecule has 2 aromatic carbocycles. The van der Waals surface area contributed by atoms with E-state index in [0.717, 1.165) is 12.0 Å². The first-order chi connectivity index (χ1) is 16.5. The molecular weight excluding hydrogens is 458 g/mol. The molecule has 0 spiro atoms. The molecule has 2 amide bonds. The second-order valence-electron chi connectivity index (χ2n) is 7.61. The summed E-state index contributed by atoms with van der Waals surface area (Å²) in [6.45, 7) is 3.76. The third-order valence-electron chi connectivity index (χ3n) is 5.25. The molecule has 176 valence electrons. The Morgan fingerprint density at radius 1 is 1.15 bits per heavy atom. The van der Waals surface area contributed by atoms with Crippen molar-refractivity contribution in [3.8, 4) is 11.5 Å². The molecule has 1 aliphatic rings. The third-order valence-corrected chi connectivity index (χ3v) is 5.49. The van der Waals surface area contributed by atoms with Crippen molar-refractivity contribution in [2.75, 3.05) is 11.9 Å². The van der Waals surface area contributed by atoms with Crippen molar-refractivity contribution in [3.05, 3.63) is 76.2 Å². The maximum Gasteiger partial charge on any atom is 0.427 e. The van der Waals surface area contributed by atoms with Crippen molar-refractivity contribution >= 4 is 35.0 Å². The average molecular weight is 482 g/mol. The first-order valence-corrected chi connectivity index (χ1v) is 11.3. The van der Waals surface area contributed by atoms with Gasteiger partial charge in [0, 0.05) is 22.6 Å². The van der Waals surface area contributed by atoms with E-state index in [-0.39, 0.29) is 12.4 Å². The Morgan fingerprint density at radius 3 is 2.71 bits per heavy atom. The zero-order valence-electron chi connectivity index (χ0n) is 18.8. The lowest BCUT2D eigenvalue weighted by atomic mass is 9.93. The molecule has 1 aromatic heterocycles. The molecule has 4 rings (SSSR count). The molecule has 0 unspecified atom stereocenters. The van der Waals surface area contributed by atoms with E-state index in [4.69, 9.17) is 25.5 Å². The van der Waals surface area contributed by atoms with Crippen molar-refractivity contribution in [1.29, 1.82) is 0 Å². The Labute approximate surface area is 201 Å². The number of fused-ring (bicyclic) bond motifs is 1. The van der Waals surface area contributed by atoms with Crippen LogP contribution in [-0.2, 0) is 11.2 Å². The number of ether oxygens (including phenoxy) is 2. The monoisotopic (exact) mass is 481 g/mol. The normalized spacial score (nSPS) is 13.8. The minimum Gasteiger partial charge on any atom is -0.455 e. The van der Waals surface area contributed by atoms with Crippen LogP contribution in [0.15, 0.2) is 58.0 Å². The van der Waals surface area contributed by atoms with Crippen molar-refractivity contribution in [2.45, 2.75) is 33.1 Å². The first kappa shape index (κ1) is 23.4. The number of carbonyl (C=O) groups is 2. The summed E-state index contributed by atoms with van der Waals surface area (Å²) < 4.78 is 16.7. The van der Waals surface area contributed by atoms with Crippen LogP contribution in [0.25, 0.3) is 0 Å². The largest absolute Gasteiger partial charge is 0.455 e. The number of furan rings is 1. The van der Waals surface area contributed by atoms with Gasteiger partial charge in [0.2, 0.25) is 0 Å². The summed E-state index contributed by atoms with van der Waals surface area (Å²) in [5.41, 5.74) is 4.82. The SMILES string of the molecule is CCOC(=O)N/N=C1\CCCc2oc(C(=O)Nc3cc(Cl)ccc3Oc3ccccc3)c(C)c21. The zero-order chi connectivity index (χ0) is 24.1. The summed E-state index contributed by atoms with van der Waals surface area (Å²) >= 11 is 6.17. The Balaban J connectivity index is 1.59. The number of carbonyl (C=O) groups excluding carboxylic acids is 2. The molecule has 0 fully saturated rings. The van der Waals surface area contributed by atoms with Gasteiger partial charge < -0.3 is 19.2 Å². The molecular formula is C25H24ClN3O5. The van der Waals surface area contributed by atoms with Gasteiger partial charge in [0.1, 0.15) is 11.5 Å². The fraction of sp³-hybridized carbons (Fsp3) is 0.240. The predicted octanol–water partition coefficient (Wildman–Crippen LogP) is 6.07. The van der Waals surface area contributed by atoms with Crippen molar-refractivity contribution in [1.82, 2.24) is 5.43 Å². The van der Waals surface area contributed by atoms with E-state index in [2.05, 4.69) is 15.8 Å². The highest BCUT2D eigenvalue weighted by Crippen LogP contribution is 2.34. The Bertz CT molecular complexity index is 1240. The highest BCUT2D eigenvalue weighted by molar-refractivity contribution is 6.31. The average Bonchev–Trinajstić information content (AvgIpc) is 3.17. The second-order valence-corrected chi connectivity index (χ2v) is 8.04. The maximum absolute atomic E-state index is 13.2. The van der Waals surface area contributed by atoms with E-state index in [1.165, 1.54) is 0 Å². The van der Waals surface area contributed by atoms with Crippen LogP contribution in [-0.4, -0.2) is 24.3 Å². The minimum atomic E-state index is -0.631. The van der Waals surface area contributed by atoms with Gasteiger partial charge in [0.25, 0.3) is 5.91 Å². The van der Waals surface area contributed by atoms with Gasteiger partial charge in [-0.2, -0.15) is 5.10 Å². The number of hydrogen-bond acceptors (Lipinski definition) is 6. The van der Waals surface area contributed by atoms with E-state index < -0.39 is 12.0 Å². The van der Waals surface area contributed by atoms with E-state index in [1.807, 2.05) is 30.3 Å². The van der Waals surface area contributed by atoms with E-state index in [9.17, 15) is 9.59 Å². The summed E-state index contributed by atoms with van der Waals surface area (Å²) in [7, 11) is 0. The van der Waals surface area contributed by atoms with E-state index in [0.29, 0.717) is 52.1 Å². The molecule has 0 aliphatic heterocycles. The molecule has 1 aliphatic carbocycles. The van der Waals surface area contributed by atoms with E-state index in [1.54, 1.807) is 32.0 Å². The van der Waals surface area contributed by atoms with Crippen LogP contribution >= 0.6 is 11.6 Å². The molecule has 0 radical (unpaired) electrons. The summed E-state index contributed by atoms with van der Waals surface area (Å²) in [4.78, 5) is 24.8. The number of anilines is 1. The molecule has 0 atom stereocenters. The van der Waals surface area contributed by atoms with Crippen LogP contribution in [0.1, 0.15) is 47.2 Å². The molecule has 34 heavy (non-hydrogen) atoms. The van der Waals surface area contributed by atoms with Crippen molar-refractivity contribution in [3.63, 3.8) is 0 Å². The Kier molecular flexibility index (Phi) is 7.18. The van der Waals surface area contributed by atoms with Gasteiger partial charge in [-0.1, -0.05) is 29.8 Å². The summed E-state index contributed by atoms with van der Waals surface area (Å²) in [5.74, 6) is 1.45. The number of amides is 2. The first-order valence-electron chi connectivity index (χ1n) is 10.9. The Morgan fingerprint density at radius 2 is 1.94 bits per heavy atom. The smallest absolute Gasteiger partial charge is 0.427 e. The summed E-state index contributed by atoms with van der Waals surface area (Å²) in [5, 5.41) is 7.49. The number of halogens is 1. The molecule has 9 heteroatoms. The predicted molar refractivity (Wildman–Crippen MR) is 129 cm³/mol. The van der Waals surface area contributed by atoms with Crippen LogP contribution in [0.2, 0.25) is 5.02 Å². The minimum absolute atomic E-state index is 0.168. The number of rotatable bonds is 6. The highest BCUT2D eigenvalue weighted by Gasteiger charge is 2.28. The standard InChI is InChI=1S/C25H24ClN3O5/c1-3-32-25(31)29-28-18-10-7-11-21-22(18)15(2)23(34-21)24(30)27-19-14-16(26)12-13-20(19)33-17-8-5-4-6-9-17/h4-6,8-9,12-14H,3,7,10-11H2,1-2H3,(H,27,30)(H,29,31)/b28-18+. The quantitative estimate of drug-likeness (QED) is 0.416. The Hall–Kier alpha value is -3.78. The van der Waals surface area contributed by atoms with Gasteiger partial charge in [0.15, 0.2) is 11.5 Å². The van der Waals surface area contributed by atoms with Gasteiger partial charge in [-0.15, -0.1) is 0 Å². The van der Waals surface area contributed by atoms with Crippen LogP contribution in [0.4, 0.5) is 10.5 Å². The van der Waals surface area contributed by atoms with Crippen molar-refractivity contribution in [2.24, 2.45) is 5.10 Å².